The Kier molecular flexibility index (Phi) is 5.56. The molecular formula is C30H32N4O2. The van der Waals surface area contributed by atoms with Crippen molar-refractivity contribution in [3.05, 3.63) is 83.9 Å². The minimum absolute atomic E-state index is 0.0584. The topological polar surface area (TPSA) is 48.8 Å². The minimum atomic E-state index is -0.739. The fourth-order valence-electron chi connectivity index (χ4n) is 6.23. The van der Waals surface area contributed by atoms with Crippen molar-refractivity contribution in [3.63, 3.8) is 0 Å². The fraction of sp³-hybridized carbons (Fsp3) is 0.333. The van der Waals surface area contributed by atoms with Crippen LogP contribution in [0, 0.1) is 0 Å². The number of hydrogen-bond acceptors (Lipinski definition) is 3. The lowest BCUT2D eigenvalue weighted by Crippen LogP contribution is -2.56. The SMILES string of the molecule is CCn1c2ccccc2c2cc(CN3CCC4(CC3)C(=O)N(C)C(=O)N4Cc3ccccc3)ccc21. The number of carbonyl (C=O) groups excluding carboxylic acids is 2. The van der Waals surface area contributed by atoms with Gasteiger partial charge in [-0.2, -0.15) is 0 Å². The normalized spacial score (nSPS) is 18.3. The van der Waals surface area contributed by atoms with E-state index < -0.39 is 5.54 Å². The molecule has 2 aliphatic rings. The summed E-state index contributed by atoms with van der Waals surface area (Å²) in [7, 11) is 1.62. The number of urea groups is 1. The Bertz CT molecular complexity index is 1450. The Morgan fingerprint density at radius 3 is 2.22 bits per heavy atom. The Labute approximate surface area is 211 Å². The summed E-state index contributed by atoms with van der Waals surface area (Å²) < 4.78 is 2.37. The maximum atomic E-state index is 13.3. The lowest BCUT2D eigenvalue weighted by molar-refractivity contribution is -0.135. The van der Waals surface area contributed by atoms with Crippen LogP contribution in [-0.2, 0) is 24.4 Å². The first-order valence-electron chi connectivity index (χ1n) is 12.9. The third-order valence-electron chi connectivity index (χ3n) is 8.16. The van der Waals surface area contributed by atoms with Crippen molar-refractivity contribution in [3.8, 4) is 0 Å². The van der Waals surface area contributed by atoms with Crippen LogP contribution in [0.4, 0.5) is 4.79 Å². The van der Waals surface area contributed by atoms with E-state index in [2.05, 4.69) is 58.9 Å². The fourth-order valence-corrected chi connectivity index (χ4v) is 6.23. The number of aromatic nitrogens is 1. The van der Waals surface area contributed by atoms with Gasteiger partial charge in [0.2, 0.25) is 0 Å². The van der Waals surface area contributed by atoms with E-state index in [0.29, 0.717) is 19.4 Å². The van der Waals surface area contributed by atoms with Gasteiger partial charge in [-0.25, -0.2) is 4.79 Å². The van der Waals surface area contributed by atoms with E-state index in [4.69, 9.17) is 0 Å². The van der Waals surface area contributed by atoms with Crippen LogP contribution < -0.4 is 0 Å². The van der Waals surface area contributed by atoms with Crippen LogP contribution in [-0.4, -0.2) is 56.9 Å². The molecule has 4 aromatic rings. The van der Waals surface area contributed by atoms with Gasteiger partial charge in [0.15, 0.2) is 0 Å². The number of piperidine rings is 1. The number of nitrogens with zero attached hydrogens (tertiary/aromatic N) is 4. The van der Waals surface area contributed by atoms with Crippen molar-refractivity contribution in [1.29, 1.82) is 0 Å². The van der Waals surface area contributed by atoms with Crippen LogP contribution in [0.3, 0.4) is 0 Å². The van der Waals surface area contributed by atoms with Crippen LogP contribution in [0.15, 0.2) is 72.8 Å². The summed E-state index contributed by atoms with van der Waals surface area (Å²) in [5.74, 6) is -0.0584. The first-order valence-corrected chi connectivity index (χ1v) is 12.9. The van der Waals surface area contributed by atoms with Crippen LogP contribution in [0.2, 0.25) is 0 Å². The van der Waals surface area contributed by atoms with Gasteiger partial charge in [-0.05, 0) is 49.1 Å². The number of fused-ring (bicyclic) bond motifs is 3. The number of likely N-dealkylation sites (tertiary alicyclic amines) is 1. The zero-order valence-corrected chi connectivity index (χ0v) is 21.0. The largest absolute Gasteiger partial charge is 0.341 e. The van der Waals surface area contributed by atoms with E-state index in [9.17, 15) is 9.59 Å². The molecule has 3 amide bonds. The van der Waals surface area contributed by atoms with Crippen molar-refractivity contribution in [2.24, 2.45) is 0 Å². The van der Waals surface area contributed by atoms with Gasteiger partial charge in [0.05, 0.1) is 0 Å². The molecule has 1 spiro atoms. The first kappa shape index (κ1) is 22.8. The number of rotatable bonds is 5. The van der Waals surface area contributed by atoms with Gasteiger partial charge in [0, 0.05) is 61.6 Å². The molecule has 0 aliphatic carbocycles. The van der Waals surface area contributed by atoms with Crippen molar-refractivity contribution >= 4 is 33.7 Å². The smallest absolute Gasteiger partial charge is 0.327 e. The lowest BCUT2D eigenvalue weighted by Gasteiger charge is -2.42. The highest BCUT2D eigenvalue weighted by Gasteiger charge is 2.56. The molecule has 2 saturated heterocycles. The van der Waals surface area contributed by atoms with E-state index in [1.54, 1.807) is 7.05 Å². The van der Waals surface area contributed by atoms with E-state index in [-0.39, 0.29) is 11.9 Å². The van der Waals surface area contributed by atoms with E-state index in [0.717, 1.165) is 31.7 Å². The van der Waals surface area contributed by atoms with E-state index in [1.165, 1.54) is 32.3 Å². The molecule has 2 aliphatic heterocycles. The standard InChI is InChI=1S/C30H32N4O2/c1-3-33-26-12-8-7-11-24(26)25-19-23(13-14-27(25)33)20-32-17-15-30(16-18-32)28(35)31(2)29(36)34(30)21-22-9-5-4-6-10-22/h4-14,19H,3,15-18,20-21H2,1-2H3. The molecule has 2 fully saturated rings. The summed E-state index contributed by atoms with van der Waals surface area (Å²) in [4.78, 5) is 31.9. The maximum absolute atomic E-state index is 13.3. The van der Waals surface area contributed by atoms with E-state index >= 15 is 0 Å². The van der Waals surface area contributed by atoms with Crippen LogP contribution in [0.25, 0.3) is 21.8 Å². The Hall–Kier alpha value is -3.64. The molecular weight excluding hydrogens is 448 g/mol. The maximum Gasteiger partial charge on any atom is 0.327 e. The first-order chi connectivity index (χ1) is 17.5. The van der Waals surface area contributed by atoms with Crippen LogP contribution >= 0.6 is 0 Å². The second kappa shape index (κ2) is 8.79. The van der Waals surface area contributed by atoms with Gasteiger partial charge in [-0.15, -0.1) is 0 Å². The molecule has 0 N–H and O–H groups in total. The quantitative estimate of drug-likeness (QED) is 0.367. The van der Waals surface area contributed by atoms with E-state index in [1.807, 2.05) is 35.2 Å². The molecule has 3 aromatic carbocycles. The molecule has 6 rings (SSSR count). The number of carbonyl (C=O) groups is 2. The molecule has 6 heteroatoms. The van der Waals surface area contributed by atoms with Gasteiger partial charge in [0.1, 0.15) is 5.54 Å². The Morgan fingerprint density at radius 1 is 0.778 bits per heavy atom. The van der Waals surface area contributed by atoms with Gasteiger partial charge in [-0.1, -0.05) is 54.6 Å². The van der Waals surface area contributed by atoms with Gasteiger partial charge < -0.3 is 9.47 Å². The molecule has 0 unspecified atom stereocenters. The predicted octanol–water partition coefficient (Wildman–Crippen LogP) is 5.24. The number of likely N-dealkylation sites (N-methyl/N-ethyl adjacent to an activating group) is 1. The molecule has 6 nitrogen and oxygen atoms in total. The number of para-hydroxylation sites is 1. The third-order valence-corrected chi connectivity index (χ3v) is 8.16. The van der Waals surface area contributed by atoms with Gasteiger partial charge >= 0.3 is 6.03 Å². The molecule has 0 saturated carbocycles. The number of amides is 3. The zero-order chi connectivity index (χ0) is 24.9. The van der Waals surface area contributed by atoms with Gasteiger partial charge in [0.25, 0.3) is 5.91 Å². The number of aryl methyl sites for hydroxylation is 1. The highest BCUT2D eigenvalue weighted by Crippen LogP contribution is 2.38. The molecule has 0 atom stereocenters. The van der Waals surface area contributed by atoms with Crippen molar-refractivity contribution in [1.82, 2.24) is 19.3 Å². The van der Waals surface area contributed by atoms with Crippen molar-refractivity contribution < 1.29 is 9.59 Å². The third kappa shape index (κ3) is 3.51. The van der Waals surface area contributed by atoms with Gasteiger partial charge in [-0.3, -0.25) is 14.6 Å². The molecule has 0 radical (unpaired) electrons. The number of imide groups is 1. The average Bonchev–Trinajstić information content (AvgIpc) is 3.32. The summed E-state index contributed by atoms with van der Waals surface area (Å²) >= 11 is 0. The second-order valence-corrected chi connectivity index (χ2v) is 10.1. The van der Waals surface area contributed by atoms with Crippen LogP contribution in [0.1, 0.15) is 30.9 Å². The minimum Gasteiger partial charge on any atom is -0.341 e. The highest BCUT2D eigenvalue weighted by molar-refractivity contribution is 6.08. The number of benzene rings is 3. The highest BCUT2D eigenvalue weighted by atomic mass is 16.2. The predicted molar refractivity (Wildman–Crippen MR) is 143 cm³/mol. The molecule has 184 valence electrons. The monoisotopic (exact) mass is 480 g/mol. The van der Waals surface area contributed by atoms with Crippen molar-refractivity contribution in [2.75, 3.05) is 20.1 Å². The summed E-state index contributed by atoms with van der Waals surface area (Å²) in [6.45, 7) is 6.01. The van der Waals surface area contributed by atoms with Crippen molar-refractivity contribution in [2.45, 2.75) is 44.9 Å². The van der Waals surface area contributed by atoms with Crippen LogP contribution in [0.5, 0.6) is 0 Å². The zero-order valence-electron chi connectivity index (χ0n) is 21.0. The molecule has 0 bridgehead atoms. The number of hydrogen-bond donors (Lipinski definition) is 0. The summed E-state index contributed by atoms with van der Waals surface area (Å²) in [6.07, 6.45) is 1.32. The Balaban J connectivity index is 1.22. The molecule has 36 heavy (non-hydrogen) atoms. The summed E-state index contributed by atoms with van der Waals surface area (Å²) in [5, 5.41) is 2.59. The average molecular weight is 481 g/mol. The summed E-state index contributed by atoms with van der Waals surface area (Å²) in [6, 6.07) is 25.2. The molecule has 3 heterocycles. The molecule has 1 aromatic heterocycles. The second-order valence-electron chi connectivity index (χ2n) is 10.1. The summed E-state index contributed by atoms with van der Waals surface area (Å²) in [5.41, 5.74) is 4.14. The lowest BCUT2D eigenvalue weighted by atomic mass is 9.85. The Morgan fingerprint density at radius 2 is 1.47 bits per heavy atom.